The van der Waals surface area contributed by atoms with Gasteiger partial charge in [-0.1, -0.05) is 30.3 Å². The third-order valence-electron chi connectivity index (χ3n) is 6.20. The molecule has 3 heterocycles. The minimum Gasteiger partial charge on any atom is -0.489 e. The van der Waals surface area contributed by atoms with Crippen LogP contribution in [0.25, 0.3) is 22.4 Å². The number of imide groups is 1. The molecule has 5 rings (SSSR count). The monoisotopic (exact) mass is 485 g/mol. The highest BCUT2D eigenvalue weighted by Crippen LogP contribution is 2.31. The van der Waals surface area contributed by atoms with Gasteiger partial charge in [0.05, 0.1) is 28.3 Å². The van der Waals surface area contributed by atoms with Gasteiger partial charge in [0, 0.05) is 25.7 Å². The second kappa shape index (κ2) is 9.43. The third-order valence-corrected chi connectivity index (χ3v) is 6.20. The molecule has 4 aromatic rings. The van der Waals surface area contributed by atoms with Crippen LogP contribution in [0.1, 0.15) is 33.2 Å². The molecule has 0 spiro atoms. The molecular formula is C27H27N5O4. The average Bonchev–Trinajstić information content (AvgIpc) is 3.35. The zero-order valence-electron chi connectivity index (χ0n) is 20.4. The van der Waals surface area contributed by atoms with Crippen LogP contribution in [0.3, 0.4) is 0 Å². The SMILES string of the molecule is CC(Cc1ccccc1)Oc1cc[nH]c(=O)c1-c1nc2cc3c(cc2[nH]1)C(=O)N(CCN(C)C)C3=O. The highest BCUT2D eigenvalue weighted by molar-refractivity contribution is 6.22. The summed E-state index contributed by atoms with van der Waals surface area (Å²) in [6.45, 7) is 2.83. The third kappa shape index (κ3) is 4.40. The Morgan fingerprint density at radius 1 is 1.03 bits per heavy atom. The van der Waals surface area contributed by atoms with E-state index in [1.165, 1.54) is 11.1 Å². The molecule has 0 saturated carbocycles. The summed E-state index contributed by atoms with van der Waals surface area (Å²) in [6.07, 6.45) is 2.02. The Bertz CT molecular complexity index is 1450. The fourth-order valence-electron chi connectivity index (χ4n) is 4.40. The molecule has 0 bridgehead atoms. The lowest BCUT2D eigenvalue weighted by molar-refractivity contribution is 0.0645. The normalized spacial score (nSPS) is 14.1. The summed E-state index contributed by atoms with van der Waals surface area (Å²) in [5.41, 5.74) is 2.74. The van der Waals surface area contributed by atoms with Gasteiger partial charge in [-0.05, 0) is 44.8 Å². The Labute approximate surface area is 207 Å². The number of pyridine rings is 1. The Kier molecular flexibility index (Phi) is 6.15. The topological polar surface area (TPSA) is 111 Å². The molecule has 1 atom stereocenters. The number of amides is 2. The number of H-pyrrole nitrogens is 2. The smallest absolute Gasteiger partial charge is 0.262 e. The van der Waals surface area contributed by atoms with E-state index in [0.717, 1.165) is 5.56 Å². The molecule has 2 aromatic carbocycles. The highest BCUT2D eigenvalue weighted by atomic mass is 16.5. The number of rotatable bonds is 8. The molecule has 1 aliphatic rings. The van der Waals surface area contributed by atoms with Crippen LogP contribution in [-0.2, 0) is 6.42 Å². The number of benzene rings is 2. The van der Waals surface area contributed by atoms with Gasteiger partial charge in [0.1, 0.15) is 17.1 Å². The van der Waals surface area contributed by atoms with Crippen LogP contribution in [0.5, 0.6) is 5.75 Å². The molecule has 0 aliphatic carbocycles. The quantitative estimate of drug-likeness (QED) is 0.371. The van der Waals surface area contributed by atoms with E-state index in [1.54, 1.807) is 18.2 Å². The van der Waals surface area contributed by atoms with Crippen molar-refractivity contribution in [2.45, 2.75) is 19.4 Å². The number of carbonyl (C=O) groups is 2. The summed E-state index contributed by atoms with van der Waals surface area (Å²) in [4.78, 5) is 52.2. The summed E-state index contributed by atoms with van der Waals surface area (Å²) in [7, 11) is 3.77. The lowest BCUT2D eigenvalue weighted by Gasteiger charge is -2.16. The van der Waals surface area contributed by atoms with E-state index in [9.17, 15) is 14.4 Å². The van der Waals surface area contributed by atoms with Crippen LogP contribution in [0, 0.1) is 0 Å². The molecule has 0 fully saturated rings. The van der Waals surface area contributed by atoms with E-state index < -0.39 is 0 Å². The Morgan fingerprint density at radius 3 is 2.47 bits per heavy atom. The average molecular weight is 486 g/mol. The maximum atomic E-state index is 12.9. The van der Waals surface area contributed by atoms with Gasteiger partial charge in [0.2, 0.25) is 0 Å². The summed E-state index contributed by atoms with van der Waals surface area (Å²) in [5, 5.41) is 0. The molecule has 0 radical (unpaired) electrons. The summed E-state index contributed by atoms with van der Waals surface area (Å²) in [5.74, 6) is 0.0448. The molecule has 1 unspecified atom stereocenters. The van der Waals surface area contributed by atoms with E-state index in [4.69, 9.17) is 4.74 Å². The molecule has 9 heteroatoms. The van der Waals surface area contributed by atoms with E-state index in [2.05, 4.69) is 15.0 Å². The van der Waals surface area contributed by atoms with Gasteiger partial charge in [-0.3, -0.25) is 19.3 Å². The van der Waals surface area contributed by atoms with Gasteiger partial charge in [-0.25, -0.2) is 4.98 Å². The molecule has 2 N–H and O–H groups in total. The van der Waals surface area contributed by atoms with Crippen LogP contribution >= 0.6 is 0 Å². The first-order valence-corrected chi connectivity index (χ1v) is 11.8. The van der Waals surface area contributed by atoms with Gasteiger partial charge < -0.3 is 19.6 Å². The van der Waals surface area contributed by atoms with Crippen molar-refractivity contribution in [1.29, 1.82) is 0 Å². The minimum atomic E-state index is -0.354. The standard InChI is InChI=1S/C27H27N5O4/c1-16(13-17-7-5-4-6-8-17)36-22-9-10-28-25(33)23(22)24-29-20-14-18-19(15-21(20)30-24)27(35)32(26(18)34)12-11-31(2)3/h4-10,14-16H,11-13H2,1-3H3,(H,28,33)(H,29,30). The zero-order valence-corrected chi connectivity index (χ0v) is 20.4. The maximum absolute atomic E-state index is 12.9. The van der Waals surface area contributed by atoms with Crippen LogP contribution in [0.15, 0.2) is 59.5 Å². The lowest BCUT2D eigenvalue weighted by Crippen LogP contribution is -2.35. The first kappa shape index (κ1) is 23.5. The van der Waals surface area contributed by atoms with Crippen LogP contribution in [0.4, 0.5) is 0 Å². The molecule has 184 valence electrons. The number of fused-ring (bicyclic) bond motifs is 2. The van der Waals surface area contributed by atoms with Crippen molar-refractivity contribution >= 4 is 22.8 Å². The predicted molar refractivity (Wildman–Crippen MR) is 136 cm³/mol. The molecule has 9 nitrogen and oxygen atoms in total. The Hall–Kier alpha value is -4.24. The number of hydrogen-bond acceptors (Lipinski definition) is 6. The first-order valence-electron chi connectivity index (χ1n) is 11.8. The number of aromatic nitrogens is 3. The van der Waals surface area contributed by atoms with Crippen molar-refractivity contribution in [2.75, 3.05) is 27.2 Å². The fourth-order valence-corrected chi connectivity index (χ4v) is 4.40. The number of nitrogens with one attached hydrogen (secondary N) is 2. The van der Waals surface area contributed by atoms with E-state index in [0.29, 0.717) is 53.2 Å². The summed E-state index contributed by atoms with van der Waals surface area (Å²) in [6, 6.07) is 14.9. The van der Waals surface area contributed by atoms with Gasteiger partial charge in [-0.2, -0.15) is 0 Å². The van der Waals surface area contributed by atoms with Crippen molar-refractivity contribution < 1.29 is 14.3 Å². The van der Waals surface area contributed by atoms with Crippen molar-refractivity contribution in [2.24, 2.45) is 0 Å². The number of ether oxygens (including phenoxy) is 1. The molecule has 2 amide bonds. The number of hydrogen-bond donors (Lipinski definition) is 2. The molecule has 2 aromatic heterocycles. The highest BCUT2D eigenvalue weighted by Gasteiger charge is 2.36. The van der Waals surface area contributed by atoms with Crippen molar-refractivity contribution in [3.05, 3.63) is 81.8 Å². The van der Waals surface area contributed by atoms with Gasteiger partial charge in [0.25, 0.3) is 17.4 Å². The van der Waals surface area contributed by atoms with E-state index >= 15 is 0 Å². The number of aromatic amines is 2. The van der Waals surface area contributed by atoms with E-state index in [-0.39, 0.29) is 29.0 Å². The second-order valence-electron chi connectivity index (χ2n) is 9.23. The van der Waals surface area contributed by atoms with Crippen LogP contribution in [-0.4, -0.2) is 69.9 Å². The van der Waals surface area contributed by atoms with Crippen molar-refractivity contribution in [3.8, 4) is 17.1 Å². The molecule has 1 aliphatic heterocycles. The number of imidazole rings is 1. The number of likely N-dealkylation sites (N-methyl/N-ethyl adjacent to an activating group) is 1. The van der Waals surface area contributed by atoms with Crippen LogP contribution < -0.4 is 10.3 Å². The molecule has 0 saturated heterocycles. The van der Waals surface area contributed by atoms with Crippen molar-refractivity contribution in [1.82, 2.24) is 24.8 Å². The zero-order chi connectivity index (χ0) is 25.4. The molecular weight excluding hydrogens is 458 g/mol. The number of carbonyl (C=O) groups excluding carboxylic acids is 2. The van der Waals surface area contributed by atoms with Crippen molar-refractivity contribution in [3.63, 3.8) is 0 Å². The Balaban J connectivity index is 1.46. The largest absolute Gasteiger partial charge is 0.489 e. The lowest BCUT2D eigenvalue weighted by atomic mass is 10.1. The first-order chi connectivity index (χ1) is 17.3. The predicted octanol–water partition coefficient (Wildman–Crippen LogP) is 3.09. The second-order valence-corrected chi connectivity index (χ2v) is 9.23. The van der Waals surface area contributed by atoms with Gasteiger partial charge >= 0.3 is 0 Å². The Morgan fingerprint density at radius 2 is 1.75 bits per heavy atom. The van der Waals surface area contributed by atoms with Gasteiger partial charge in [-0.15, -0.1) is 0 Å². The summed E-state index contributed by atoms with van der Waals surface area (Å²) >= 11 is 0. The van der Waals surface area contributed by atoms with Crippen LogP contribution in [0.2, 0.25) is 0 Å². The maximum Gasteiger partial charge on any atom is 0.262 e. The van der Waals surface area contributed by atoms with Gasteiger partial charge in [0.15, 0.2) is 0 Å². The minimum absolute atomic E-state index is 0.190. The van der Waals surface area contributed by atoms with E-state index in [1.807, 2.05) is 56.3 Å². The summed E-state index contributed by atoms with van der Waals surface area (Å²) < 4.78 is 6.16. The fraction of sp³-hybridized carbons (Fsp3) is 0.259. The number of nitrogens with zero attached hydrogens (tertiary/aromatic N) is 3. The molecule has 36 heavy (non-hydrogen) atoms.